The van der Waals surface area contributed by atoms with Crippen LogP contribution in [0.2, 0.25) is 5.02 Å². The van der Waals surface area contributed by atoms with Crippen LogP contribution in [0.25, 0.3) is 33.8 Å². The Morgan fingerprint density at radius 2 is 1.96 bits per heavy atom. The summed E-state index contributed by atoms with van der Waals surface area (Å²) in [6, 6.07) is 7.98. The first-order valence-electron chi connectivity index (χ1n) is 8.36. The van der Waals surface area contributed by atoms with Crippen molar-refractivity contribution in [2.24, 2.45) is 0 Å². The van der Waals surface area contributed by atoms with Gasteiger partial charge in [0.1, 0.15) is 17.3 Å². The van der Waals surface area contributed by atoms with Gasteiger partial charge >= 0.3 is 0 Å². The number of halogens is 2. The third-order valence-electron chi connectivity index (χ3n) is 4.50. The van der Waals surface area contributed by atoms with Crippen LogP contribution in [0.5, 0.6) is 5.75 Å². The summed E-state index contributed by atoms with van der Waals surface area (Å²) in [6.45, 7) is -0.490. The zero-order valence-corrected chi connectivity index (χ0v) is 15.5. The molecule has 2 aromatic carbocycles. The van der Waals surface area contributed by atoms with Crippen molar-refractivity contribution in [3.05, 3.63) is 52.3 Å². The lowest BCUT2D eigenvalue weighted by Gasteiger charge is -2.12. The summed E-state index contributed by atoms with van der Waals surface area (Å²) in [5.41, 5.74) is 4.02. The molecule has 0 bridgehead atoms. The Morgan fingerprint density at radius 3 is 2.68 bits per heavy atom. The lowest BCUT2D eigenvalue weighted by Crippen LogP contribution is -1.99. The van der Waals surface area contributed by atoms with Gasteiger partial charge in [-0.05, 0) is 29.8 Å². The summed E-state index contributed by atoms with van der Waals surface area (Å²) < 4.78 is 19.0. The maximum atomic E-state index is 13.6. The highest BCUT2D eigenvalue weighted by atomic mass is 35.5. The van der Waals surface area contributed by atoms with E-state index < -0.39 is 5.82 Å². The van der Waals surface area contributed by atoms with E-state index in [0.29, 0.717) is 50.7 Å². The quantitative estimate of drug-likeness (QED) is 0.409. The fraction of sp³-hybridized carbons (Fsp3) is 0.158. The zero-order chi connectivity index (χ0) is 19.8. The molecule has 0 aliphatic heterocycles. The van der Waals surface area contributed by atoms with Crippen molar-refractivity contribution in [1.29, 1.82) is 0 Å². The number of aromatic nitrogens is 4. The molecule has 2 aromatic heterocycles. The van der Waals surface area contributed by atoms with Gasteiger partial charge in [-0.1, -0.05) is 11.6 Å². The molecule has 4 rings (SSSR count). The third-order valence-corrected chi connectivity index (χ3v) is 4.79. The van der Waals surface area contributed by atoms with Crippen molar-refractivity contribution in [3.63, 3.8) is 0 Å². The van der Waals surface area contributed by atoms with Crippen LogP contribution in [-0.2, 0) is 13.2 Å². The van der Waals surface area contributed by atoms with E-state index in [1.54, 1.807) is 18.2 Å². The van der Waals surface area contributed by atoms with E-state index in [1.165, 1.54) is 19.2 Å². The van der Waals surface area contributed by atoms with Crippen molar-refractivity contribution >= 4 is 22.6 Å². The minimum absolute atomic E-state index is 0.00320. The summed E-state index contributed by atoms with van der Waals surface area (Å²) in [5.74, 6) is 0.418. The minimum atomic E-state index is -0.526. The average Bonchev–Trinajstić information content (AvgIpc) is 3.34. The number of imidazole rings is 1. The fourth-order valence-corrected chi connectivity index (χ4v) is 3.23. The lowest BCUT2D eigenvalue weighted by atomic mass is 10.0. The third kappa shape index (κ3) is 3.11. The van der Waals surface area contributed by atoms with E-state index in [-0.39, 0.29) is 18.2 Å². The molecular formula is C19H16ClFN4O3. The highest BCUT2D eigenvalue weighted by Crippen LogP contribution is 2.32. The Balaban J connectivity index is 1.76. The first-order chi connectivity index (χ1) is 13.5. The van der Waals surface area contributed by atoms with E-state index >= 15 is 0 Å². The number of rotatable bonds is 5. The van der Waals surface area contributed by atoms with Crippen molar-refractivity contribution in [3.8, 4) is 28.5 Å². The molecule has 9 heteroatoms. The maximum absolute atomic E-state index is 13.6. The van der Waals surface area contributed by atoms with E-state index in [2.05, 4.69) is 20.2 Å². The van der Waals surface area contributed by atoms with Gasteiger partial charge in [0.15, 0.2) is 5.82 Å². The molecule has 0 unspecified atom stereocenters. The molecule has 2 heterocycles. The highest BCUT2D eigenvalue weighted by Gasteiger charge is 2.15. The number of benzene rings is 2. The van der Waals surface area contributed by atoms with Crippen molar-refractivity contribution < 1.29 is 19.3 Å². The number of nitrogens with zero attached hydrogens (tertiary/aromatic N) is 2. The molecule has 0 saturated heterocycles. The standard InChI is InChI=1S/C19H16ClFN4O3/c1-28-18-3-9(2-10(7-26)11(18)8-27)14-6-17(25-24-14)19-22-15-4-12(20)13(21)5-16(15)23-19/h2-6,26-27H,7-8H2,1H3,(H,22,23)(H,24,25). The second-order valence-corrected chi connectivity index (χ2v) is 6.58. The molecule has 4 N–H and O–H groups in total. The number of nitrogens with one attached hydrogen (secondary N) is 2. The highest BCUT2D eigenvalue weighted by molar-refractivity contribution is 6.31. The van der Waals surface area contributed by atoms with E-state index in [4.69, 9.17) is 16.3 Å². The summed E-state index contributed by atoms with van der Waals surface area (Å²) in [5, 5.41) is 26.3. The molecule has 0 atom stereocenters. The Bertz CT molecular complexity index is 1110. The van der Waals surface area contributed by atoms with Crippen LogP contribution in [0, 0.1) is 5.82 Å². The number of methoxy groups -OCH3 is 1. The molecule has 0 spiro atoms. The summed E-state index contributed by atoms with van der Waals surface area (Å²) >= 11 is 5.81. The number of aliphatic hydroxyl groups is 2. The molecule has 0 aliphatic rings. The first-order valence-corrected chi connectivity index (χ1v) is 8.74. The average molecular weight is 403 g/mol. The number of H-pyrrole nitrogens is 2. The van der Waals surface area contributed by atoms with Crippen molar-refractivity contribution in [2.45, 2.75) is 13.2 Å². The van der Waals surface area contributed by atoms with Gasteiger partial charge in [-0.3, -0.25) is 5.10 Å². The number of hydrogen-bond donors (Lipinski definition) is 4. The molecule has 0 aliphatic carbocycles. The number of aromatic amines is 2. The number of aliphatic hydroxyl groups excluding tert-OH is 2. The lowest BCUT2D eigenvalue weighted by molar-refractivity contribution is 0.254. The molecule has 28 heavy (non-hydrogen) atoms. The second kappa shape index (κ2) is 7.23. The SMILES string of the molecule is COc1cc(-c2cc(-c3nc4cc(Cl)c(F)cc4[nH]3)[nH]n2)cc(CO)c1CO. The predicted octanol–water partition coefficient (Wildman–Crippen LogP) is 3.41. The Kier molecular flexibility index (Phi) is 4.76. The molecule has 144 valence electrons. The maximum Gasteiger partial charge on any atom is 0.156 e. The minimum Gasteiger partial charge on any atom is -0.496 e. The molecule has 0 fully saturated rings. The Hall–Kier alpha value is -2.94. The largest absolute Gasteiger partial charge is 0.496 e. The van der Waals surface area contributed by atoms with Crippen LogP contribution in [0.1, 0.15) is 11.1 Å². The molecule has 0 saturated carbocycles. The first kappa shape index (κ1) is 18.4. The Morgan fingerprint density at radius 1 is 1.14 bits per heavy atom. The van der Waals surface area contributed by atoms with Gasteiger partial charge in [0.25, 0.3) is 0 Å². The van der Waals surface area contributed by atoms with E-state index in [9.17, 15) is 14.6 Å². The summed E-state index contributed by atoms with van der Waals surface area (Å²) in [7, 11) is 1.49. The van der Waals surface area contributed by atoms with Crippen molar-refractivity contribution in [1.82, 2.24) is 20.2 Å². The predicted molar refractivity (Wildman–Crippen MR) is 102 cm³/mol. The topological polar surface area (TPSA) is 107 Å². The van der Waals surface area contributed by atoms with Crippen LogP contribution in [-0.4, -0.2) is 37.5 Å². The van der Waals surface area contributed by atoms with Crippen LogP contribution in [0.4, 0.5) is 4.39 Å². The van der Waals surface area contributed by atoms with Gasteiger partial charge in [-0.15, -0.1) is 0 Å². The number of fused-ring (bicyclic) bond motifs is 1. The molecular weight excluding hydrogens is 387 g/mol. The molecule has 0 amide bonds. The molecule has 7 nitrogen and oxygen atoms in total. The summed E-state index contributed by atoms with van der Waals surface area (Å²) in [4.78, 5) is 7.44. The molecule has 4 aromatic rings. The van der Waals surface area contributed by atoms with Crippen LogP contribution in [0.15, 0.2) is 30.3 Å². The van der Waals surface area contributed by atoms with Gasteiger partial charge in [-0.25, -0.2) is 9.37 Å². The van der Waals surface area contributed by atoms with Gasteiger partial charge in [0.05, 0.1) is 42.1 Å². The number of ether oxygens (including phenoxy) is 1. The van der Waals surface area contributed by atoms with Gasteiger partial charge in [0, 0.05) is 17.2 Å². The summed E-state index contributed by atoms with van der Waals surface area (Å²) in [6.07, 6.45) is 0. The van der Waals surface area contributed by atoms with E-state index in [0.717, 1.165) is 0 Å². The van der Waals surface area contributed by atoms with Crippen LogP contribution < -0.4 is 4.74 Å². The second-order valence-electron chi connectivity index (χ2n) is 6.17. The van der Waals surface area contributed by atoms with Crippen LogP contribution in [0.3, 0.4) is 0 Å². The smallest absolute Gasteiger partial charge is 0.156 e. The van der Waals surface area contributed by atoms with Gasteiger partial charge in [0.2, 0.25) is 0 Å². The molecule has 0 radical (unpaired) electrons. The van der Waals surface area contributed by atoms with E-state index in [1.807, 2.05) is 0 Å². The zero-order valence-electron chi connectivity index (χ0n) is 14.8. The van der Waals surface area contributed by atoms with Crippen molar-refractivity contribution in [2.75, 3.05) is 7.11 Å². The van der Waals surface area contributed by atoms with Gasteiger partial charge in [-0.2, -0.15) is 5.10 Å². The van der Waals surface area contributed by atoms with Crippen LogP contribution >= 0.6 is 11.6 Å². The number of hydrogen-bond acceptors (Lipinski definition) is 5. The fourth-order valence-electron chi connectivity index (χ4n) is 3.08. The Labute approximate surface area is 163 Å². The van der Waals surface area contributed by atoms with Gasteiger partial charge < -0.3 is 19.9 Å². The normalized spacial score (nSPS) is 11.3. The monoisotopic (exact) mass is 402 g/mol.